The van der Waals surface area contributed by atoms with E-state index in [9.17, 15) is 12.8 Å². The van der Waals surface area contributed by atoms with Gasteiger partial charge in [0.2, 0.25) is 10.0 Å². The highest BCUT2D eigenvalue weighted by atomic mass is 32.2. The van der Waals surface area contributed by atoms with Gasteiger partial charge in [0, 0.05) is 13.1 Å². The molecule has 0 spiro atoms. The Hall–Kier alpha value is -0.940. The van der Waals surface area contributed by atoms with Gasteiger partial charge in [-0.3, -0.25) is 0 Å². The molecule has 1 aromatic rings. The van der Waals surface area contributed by atoms with Crippen LogP contribution in [0.3, 0.4) is 0 Å². The third kappa shape index (κ3) is 2.35. The van der Waals surface area contributed by atoms with Crippen molar-refractivity contribution < 1.29 is 12.8 Å². The Bertz CT molecular complexity index is 525. The number of halogens is 1. The van der Waals surface area contributed by atoms with E-state index in [-0.39, 0.29) is 10.3 Å². The van der Waals surface area contributed by atoms with Gasteiger partial charge in [-0.1, -0.05) is 26.0 Å². The van der Waals surface area contributed by atoms with Gasteiger partial charge in [0.15, 0.2) is 0 Å². The molecule has 2 rings (SSSR count). The van der Waals surface area contributed by atoms with Gasteiger partial charge in [-0.05, 0) is 24.0 Å². The van der Waals surface area contributed by atoms with Crippen LogP contribution >= 0.6 is 0 Å². The van der Waals surface area contributed by atoms with Crippen LogP contribution in [-0.4, -0.2) is 25.8 Å². The molecule has 1 aliphatic heterocycles. The van der Waals surface area contributed by atoms with Gasteiger partial charge < -0.3 is 0 Å². The number of hydrogen-bond donors (Lipinski definition) is 0. The molecule has 0 bridgehead atoms. The molecule has 1 fully saturated rings. The van der Waals surface area contributed by atoms with Gasteiger partial charge in [-0.2, -0.15) is 4.31 Å². The average molecular weight is 257 g/mol. The van der Waals surface area contributed by atoms with Crippen LogP contribution in [0.25, 0.3) is 0 Å². The third-order valence-corrected chi connectivity index (χ3v) is 4.98. The summed E-state index contributed by atoms with van der Waals surface area (Å²) in [6.07, 6.45) is 0.806. The lowest BCUT2D eigenvalue weighted by atomic mass is 9.93. The van der Waals surface area contributed by atoms with Gasteiger partial charge in [0.1, 0.15) is 10.7 Å². The molecule has 0 radical (unpaired) electrons. The summed E-state index contributed by atoms with van der Waals surface area (Å²) < 4.78 is 39.3. The second-order valence-electron chi connectivity index (χ2n) is 5.18. The molecule has 1 aliphatic rings. The van der Waals surface area contributed by atoms with Crippen LogP contribution in [0.4, 0.5) is 4.39 Å². The van der Waals surface area contributed by atoms with Gasteiger partial charge in [0.25, 0.3) is 0 Å². The Morgan fingerprint density at radius 1 is 1.29 bits per heavy atom. The summed E-state index contributed by atoms with van der Waals surface area (Å²) in [7, 11) is -3.68. The van der Waals surface area contributed by atoms with E-state index < -0.39 is 15.8 Å². The second-order valence-corrected chi connectivity index (χ2v) is 7.09. The van der Waals surface area contributed by atoms with Crippen molar-refractivity contribution in [2.45, 2.75) is 25.2 Å². The van der Waals surface area contributed by atoms with E-state index in [2.05, 4.69) is 0 Å². The SMILES string of the molecule is CC1(C)CCN(S(=O)(=O)c2ccccc2F)C1. The summed E-state index contributed by atoms with van der Waals surface area (Å²) in [5.41, 5.74) is -0.0294. The largest absolute Gasteiger partial charge is 0.246 e. The maximum atomic E-state index is 13.5. The van der Waals surface area contributed by atoms with Crippen LogP contribution in [0.2, 0.25) is 0 Å². The monoisotopic (exact) mass is 257 g/mol. The molecule has 3 nitrogen and oxygen atoms in total. The fraction of sp³-hybridized carbons (Fsp3) is 0.500. The minimum absolute atomic E-state index is 0.0294. The predicted molar refractivity (Wildman–Crippen MR) is 63.6 cm³/mol. The number of rotatable bonds is 2. The molecule has 1 heterocycles. The first-order chi connectivity index (χ1) is 7.83. The summed E-state index contributed by atoms with van der Waals surface area (Å²) in [6, 6.07) is 5.52. The molecule has 1 saturated heterocycles. The molecule has 0 aromatic heterocycles. The van der Waals surface area contributed by atoms with Crippen molar-refractivity contribution in [3.8, 4) is 0 Å². The Labute approximate surface area is 101 Å². The minimum atomic E-state index is -3.68. The van der Waals surface area contributed by atoms with Crippen molar-refractivity contribution in [3.63, 3.8) is 0 Å². The first-order valence-electron chi connectivity index (χ1n) is 5.58. The Morgan fingerprint density at radius 2 is 1.94 bits per heavy atom. The smallest absolute Gasteiger partial charge is 0.207 e. The minimum Gasteiger partial charge on any atom is -0.207 e. The van der Waals surface area contributed by atoms with Crippen molar-refractivity contribution in [1.29, 1.82) is 0 Å². The first-order valence-corrected chi connectivity index (χ1v) is 7.02. The van der Waals surface area contributed by atoms with Crippen molar-refractivity contribution in [2.75, 3.05) is 13.1 Å². The molecule has 0 amide bonds. The van der Waals surface area contributed by atoms with Crippen LogP contribution in [0, 0.1) is 11.2 Å². The maximum Gasteiger partial charge on any atom is 0.246 e. The van der Waals surface area contributed by atoms with Gasteiger partial charge >= 0.3 is 0 Å². The second kappa shape index (κ2) is 4.07. The molecule has 5 heteroatoms. The van der Waals surface area contributed by atoms with E-state index in [4.69, 9.17) is 0 Å². The molecule has 17 heavy (non-hydrogen) atoms. The summed E-state index contributed by atoms with van der Waals surface area (Å²) in [5.74, 6) is -0.683. The van der Waals surface area contributed by atoms with Crippen LogP contribution in [0.15, 0.2) is 29.2 Å². The zero-order valence-corrected chi connectivity index (χ0v) is 10.8. The standard InChI is InChI=1S/C12H16FNO2S/c1-12(2)7-8-14(9-12)17(15,16)11-6-4-3-5-10(11)13/h3-6H,7-9H2,1-2H3. The maximum absolute atomic E-state index is 13.5. The van der Waals surface area contributed by atoms with E-state index in [1.54, 1.807) is 0 Å². The number of hydrogen-bond acceptors (Lipinski definition) is 2. The molecule has 0 saturated carbocycles. The Morgan fingerprint density at radius 3 is 2.47 bits per heavy atom. The summed E-state index contributed by atoms with van der Waals surface area (Å²) in [6.45, 7) is 4.95. The fourth-order valence-electron chi connectivity index (χ4n) is 2.06. The first kappa shape index (κ1) is 12.5. The summed E-state index contributed by atoms with van der Waals surface area (Å²) in [4.78, 5) is -0.224. The average Bonchev–Trinajstić information content (AvgIpc) is 2.60. The molecular formula is C12H16FNO2S. The van der Waals surface area contributed by atoms with E-state index in [1.165, 1.54) is 28.6 Å². The highest BCUT2D eigenvalue weighted by Crippen LogP contribution is 2.33. The highest BCUT2D eigenvalue weighted by Gasteiger charge is 2.37. The summed E-state index contributed by atoms with van der Waals surface area (Å²) in [5, 5.41) is 0. The number of nitrogens with zero attached hydrogens (tertiary/aromatic N) is 1. The zero-order chi connectivity index (χ0) is 12.7. The molecule has 0 unspecified atom stereocenters. The lowest BCUT2D eigenvalue weighted by Crippen LogP contribution is -2.30. The summed E-state index contributed by atoms with van der Waals surface area (Å²) >= 11 is 0. The van der Waals surface area contributed by atoms with E-state index in [0.29, 0.717) is 13.1 Å². The molecular weight excluding hydrogens is 241 g/mol. The van der Waals surface area contributed by atoms with Crippen molar-refractivity contribution >= 4 is 10.0 Å². The van der Waals surface area contributed by atoms with E-state index >= 15 is 0 Å². The lowest BCUT2D eigenvalue weighted by molar-refractivity contribution is 0.374. The van der Waals surface area contributed by atoms with Crippen molar-refractivity contribution in [1.82, 2.24) is 4.31 Å². The van der Waals surface area contributed by atoms with Crippen LogP contribution < -0.4 is 0 Å². The van der Waals surface area contributed by atoms with Crippen LogP contribution in [0.5, 0.6) is 0 Å². The number of benzene rings is 1. The topological polar surface area (TPSA) is 37.4 Å². The van der Waals surface area contributed by atoms with Crippen molar-refractivity contribution in [2.24, 2.45) is 5.41 Å². The predicted octanol–water partition coefficient (Wildman–Crippen LogP) is 2.25. The van der Waals surface area contributed by atoms with Crippen molar-refractivity contribution in [3.05, 3.63) is 30.1 Å². The van der Waals surface area contributed by atoms with Crippen LogP contribution in [0.1, 0.15) is 20.3 Å². The van der Waals surface area contributed by atoms with E-state index in [1.807, 2.05) is 13.8 Å². The molecule has 94 valence electrons. The normalized spacial score (nSPS) is 20.6. The van der Waals surface area contributed by atoms with Crippen LogP contribution in [-0.2, 0) is 10.0 Å². The van der Waals surface area contributed by atoms with Gasteiger partial charge in [-0.25, -0.2) is 12.8 Å². The highest BCUT2D eigenvalue weighted by molar-refractivity contribution is 7.89. The third-order valence-electron chi connectivity index (χ3n) is 3.10. The number of sulfonamides is 1. The quantitative estimate of drug-likeness (QED) is 0.815. The fourth-order valence-corrected chi connectivity index (χ4v) is 3.76. The Kier molecular flexibility index (Phi) is 2.99. The lowest BCUT2D eigenvalue weighted by Gasteiger charge is -2.19. The molecule has 1 aromatic carbocycles. The zero-order valence-electron chi connectivity index (χ0n) is 9.98. The van der Waals surface area contributed by atoms with E-state index in [0.717, 1.165) is 6.42 Å². The molecule has 0 N–H and O–H groups in total. The molecule has 0 atom stereocenters. The molecule has 0 aliphatic carbocycles. The van der Waals surface area contributed by atoms with Gasteiger partial charge in [0.05, 0.1) is 0 Å². The van der Waals surface area contributed by atoms with Gasteiger partial charge in [-0.15, -0.1) is 0 Å². The Balaban J connectivity index is 2.36.